The van der Waals surface area contributed by atoms with Crippen LogP contribution < -0.4 is 5.32 Å². The fraction of sp³-hybridized carbons (Fsp3) is 0.571. The molecular formula is C14H17BrClN. The number of fused-ring (bicyclic) bond motifs is 2. The van der Waals surface area contributed by atoms with E-state index in [2.05, 4.69) is 33.4 Å². The highest BCUT2D eigenvalue weighted by Crippen LogP contribution is 2.48. The van der Waals surface area contributed by atoms with Crippen molar-refractivity contribution in [1.82, 2.24) is 0 Å². The first-order valence-corrected chi connectivity index (χ1v) is 7.58. The van der Waals surface area contributed by atoms with E-state index in [-0.39, 0.29) is 0 Å². The van der Waals surface area contributed by atoms with Gasteiger partial charge in [0.05, 0.1) is 5.02 Å². The van der Waals surface area contributed by atoms with Crippen LogP contribution in [0.25, 0.3) is 0 Å². The predicted octanol–water partition coefficient (Wildman–Crippen LogP) is 4.95. The molecule has 2 bridgehead atoms. The van der Waals surface area contributed by atoms with Crippen LogP contribution in [-0.4, -0.2) is 6.54 Å². The minimum Gasteiger partial charge on any atom is -0.385 e. The van der Waals surface area contributed by atoms with Gasteiger partial charge in [0, 0.05) is 16.7 Å². The quantitative estimate of drug-likeness (QED) is 0.832. The molecule has 0 saturated heterocycles. The van der Waals surface area contributed by atoms with Crippen molar-refractivity contribution < 1.29 is 0 Å². The van der Waals surface area contributed by atoms with Gasteiger partial charge in [0.15, 0.2) is 0 Å². The first kappa shape index (κ1) is 11.9. The summed E-state index contributed by atoms with van der Waals surface area (Å²) in [7, 11) is 0. The van der Waals surface area contributed by atoms with E-state index < -0.39 is 0 Å². The first-order valence-electron chi connectivity index (χ1n) is 6.41. The Labute approximate surface area is 116 Å². The zero-order valence-electron chi connectivity index (χ0n) is 9.76. The van der Waals surface area contributed by atoms with Crippen LogP contribution in [0.1, 0.15) is 25.7 Å². The van der Waals surface area contributed by atoms with Crippen LogP contribution in [0.3, 0.4) is 0 Å². The largest absolute Gasteiger partial charge is 0.385 e. The Bertz CT molecular complexity index is 421. The second-order valence-electron chi connectivity index (χ2n) is 5.44. The summed E-state index contributed by atoms with van der Waals surface area (Å²) in [6, 6.07) is 6.06. The molecule has 2 saturated carbocycles. The molecule has 3 unspecified atom stereocenters. The third-order valence-corrected chi connectivity index (χ3v) is 5.59. The predicted molar refractivity (Wildman–Crippen MR) is 76.6 cm³/mol. The lowest BCUT2D eigenvalue weighted by atomic mass is 9.89. The summed E-state index contributed by atoms with van der Waals surface area (Å²) in [6.07, 6.45) is 5.86. The number of rotatable bonds is 3. The Morgan fingerprint density at radius 1 is 1.29 bits per heavy atom. The SMILES string of the molecule is Clc1ccc(NCC2CC3CCC2C3)cc1Br. The Balaban J connectivity index is 1.59. The van der Waals surface area contributed by atoms with Gasteiger partial charge >= 0.3 is 0 Å². The second-order valence-corrected chi connectivity index (χ2v) is 6.71. The van der Waals surface area contributed by atoms with Crippen molar-refractivity contribution in [3.63, 3.8) is 0 Å². The molecule has 0 aliphatic heterocycles. The zero-order valence-corrected chi connectivity index (χ0v) is 12.1. The minimum atomic E-state index is 0.774. The second kappa shape index (κ2) is 4.81. The number of benzene rings is 1. The van der Waals surface area contributed by atoms with E-state index >= 15 is 0 Å². The minimum absolute atomic E-state index is 0.774. The van der Waals surface area contributed by atoms with Crippen LogP contribution in [0, 0.1) is 17.8 Å². The number of anilines is 1. The molecule has 1 aromatic carbocycles. The molecule has 0 radical (unpaired) electrons. The van der Waals surface area contributed by atoms with Gasteiger partial charge in [-0.3, -0.25) is 0 Å². The van der Waals surface area contributed by atoms with Gasteiger partial charge in [-0.05, 0) is 71.1 Å². The molecule has 3 rings (SSSR count). The maximum Gasteiger partial charge on any atom is 0.0549 e. The lowest BCUT2D eigenvalue weighted by Crippen LogP contribution is -2.20. The molecule has 0 heterocycles. The topological polar surface area (TPSA) is 12.0 Å². The third-order valence-electron chi connectivity index (χ3n) is 4.37. The van der Waals surface area contributed by atoms with E-state index in [1.807, 2.05) is 6.07 Å². The summed E-state index contributed by atoms with van der Waals surface area (Å²) >= 11 is 9.44. The van der Waals surface area contributed by atoms with Crippen molar-refractivity contribution in [2.24, 2.45) is 17.8 Å². The van der Waals surface area contributed by atoms with Crippen molar-refractivity contribution in [3.8, 4) is 0 Å². The fourth-order valence-electron chi connectivity index (χ4n) is 3.48. The van der Waals surface area contributed by atoms with Gasteiger partial charge in [-0.1, -0.05) is 18.0 Å². The van der Waals surface area contributed by atoms with Crippen LogP contribution in [0.15, 0.2) is 22.7 Å². The Kier molecular flexibility index (Phi) is 3.36. The molecule has 1 nitrogen and oxygen atoms in total. The van der Waals surface area contributed by atoms with Crippen LogP contribution in [0.4, 0.5) is 5.69 Å². The Hall–Kier alpha value is -0.210. The summed E-state index contributed by atoms with van der Waals surface area (Å²) in [5, 5.41) is 4.32. The molecule has 0 aromatic heterocycles. The van der Waals surface area contributed by atoms with Gasteiger partial charge in [0.2, 0.25) is 0 Å². The molecule has 1 aromatic rings. The highest BCUT2D eigenvalue weighted by atomic mass is 79.9. The van der Waals surface area contributed by atoms with Crippen molar-refractivity contribution in [3.05, 3.63) is 27.7 Å². The lowest BCUT2D eigenvalue weighted by Gasteiger charge is -2.22. The van der Waals surface area contributed by atoms with Crippen molar-refractivity contribution in [1.29, 1.82) is 0 Å². The highest BCUT2D eigenvalue weighted by molar-refractivity contribution is 9.10. The monoisotopic (exact) mass is 313 g/mol. The van der Waals surface area contributed by atoms with Crippen molar-refractivity contribution in [2.75, 3.05) is 11.9 Å². The van der Waals surface area contributed by atoms with Gasteiger partial charge < -0.3 is 5.32 Å². The van der Waals surface area contributed by atoms with Gasteiger partial charge in [-0.25, -0.2) is 0 Å². The van der Waals surface area contributed by atoms with Gasteiger partial charge in [-0.15, -0.1) is 0 Å². The molecule has 2 aliphatic rings. The van der Waals surface area contributed by atoms with Crippen LogP contribution >= 0.6 is 27.5 Å². The van der Waals surface area contributed by atoms with E-state index in [4.69, 9.17) is 11.6 Å². The molecule has 1 N–H and O–H groups in total. The number of halogens is 2. The molecule has 2 fully saturated rings. The molecule has 0 spiro atoms. The lowest BCUT2D eigenvalue weighted by molar-refractivity contribution is 0.348. The average Bonchev–Trinajstić information content (AvgIpc) is 2.92. The van der Waals surface area contributed by atoms with Crippen LogP contribution in [0.2, 0.25) is 5.02 Å². The Morgan fingerprint density at radius 2 is 2.18 bits per heavy atom. The first-order chi connectivity index (χ1) is 8.22. The summed E-state index contributed by atoms with van der Waals surface area (Å²) < 4.78 is 0.970. The van der Waals surface area contributed by atoms with E-state index in [9.17, 15) is 0 Å². The van der Waals surface area contributed by atoms with Crippen LogP contribution in [0.5, 0.6) is 0 Å². The fourth-order valence-corrected chi connectivity index (χ4v) is 3.98. The zero-order chi connectivity index (χ0) is 11.8. The molecule has 2 aliphatic carbocycles. The van der Waals surface area contributed by atoms with E-state index in [1.165, 1.54) is 31.4 Å². The van der Waals surface area contributed by atoms with Crippen molar-refractivity contribution >= 4 is 33.2 Å². The summed E-state index contributed by atoms with van der Waals surface area (Å²) in [6.45, 7) is 1.12. The number of hydrogen-bond donors (Lipinski definition) is 1. The standard InChI is InChI=1S/C14H17BrClN/c15-13-7-12(3-4-14(13)16)17-8-11-6-9-1-2-10(11)5-9/h3-4,7,9-11,17H,1-2,5-6,8H2. The van der Waals surface area contributed by atoms with E-state index in [0.29, 0.717) is 0 Å². The number of nitrogens with one attached hydrogen (secondary N) is 1. The molecule has 0 amide bonds. The maximum atomic E-state index is 5.98. The number of hydrogen-bond acceptors (Lipinski definition) is 1. The van der Waals surface area contributed by atoms with Crippen LogP contribution in [-0.2, 0) is 0 Å². The summed E-state index contributed by atoms with van der Waals surface area (Å²) in [5.74, 6) is 2.91. The third kappa shape index (κ3) is 2.48. The van der Waals surface area contributed by atoms with E-state index in [0.717, 1.165) is 33.8 Å². The summed E-state index contributed by atoms with van der Waals surface area (Å²) in [5.41, 5.74) is 1.17. The highest BCUT2D eigenvalue weighted by Gasteiger charge is 2.38. The average molecular weight is 315 g/mol. The summed E-state index contributed by atoms with van der Waals surface area (Å²) in [4.78, 5) is 0. The van der Waals surface area contributed by atoms with Gasteiger partial charge in [0.25, 0.3) is 0 Å². The molecule has 17 heavy (non-hydrogen) atoms. The molecule has 3 atom stereocenters. The molecular weight excluding hydrogens is 298 g/mol. The normalized spacial score (nSPS) is 30.8. The molecule has 3 heteroatoms. The van der Waals surface area contributed by atoms with Crippen molar-refractivity contribution in [2.45, 2.75) is 25.7 Å². The van der Waals surface area contributed by atoms with Gasteiger partial charge in [0.1, 0.15) is 0 Å². The van der Waals surface area contributed by atoms with Gasteiger partial charge in [-0.2, -0.15) is 0 Å². The molecule has 92 valence electrons. The Morgan fingerprint density at radius 3 is 2.82 bits per heavy atom. The maximum absolute atomic E-state index is 5.98. The smallest absolute Gasteiger partial charge is 0.0549 e. The van der Waals surface area contributed by atoms with E-state index in [1.54, 1.807) is 0 Å².